The maximum Gasteiger partial charge on any atom is 0.269 e. The average molecular weight is 314 g/mol. The van der Waals surface area contributed by atoms with E-state index < -0.39 is 4.92 Å². The van der Waals surface area contributed by atoms with E-state index in [4.69, 9.17) is 14.2 Å². The van der Waals surface area contributed by atoms with Crippen molar-refractivity contribution < 1.29 is 19.1 Å². The van der Waals surface area contributed by atoms with Crippen LogP contribution in [0.3, 0.4) is 0 Å². The number of ether oxygens (including phenoxy) is 3. The van der Waals surface area contributed by atoms with E-state index >= 15 is 0 Å². The fraction of sp³-hybridized carbons (Fsp3) is 0.188. The van der Waals surface area contributed by atoms with Crippen molar-refractivity contribution in [2.45, 2.75) is 6.92 Å². The summed E-state index contributed by atoms with van der Waals surface area (Å²) in [5, 5.41) is 10.6. The van der Waals surface area contributed by atoms with Gasteiger partial charge in [-0.2, -0.15) is 0 Å². The molecule has 7 nitrogen and oxygen atoms in total. The highest BCUT2D eigenvalue weighted by molar-refractivity contribution is 5.87. The van der Waals surface area contributed by atoms with Crippen LogP contribution in [0.2, 0.25) is 0 Å². The number of rotatable bonds is 5. The van der Waals surface area contributed by atoms with Gasteiger partial charge in [0.15, 0.2) is 11.5 Å². The molecule has 2 aromatic carbocycles. The van der Waals surface area contributed by atoms with Gasteiger partial charge < -0.3 is 14.2 Å². The molecular formula is C16H14N2O5. The average Bonchev–Trinajstić information content (AvgIpc) is 3.00. The third-order valence-electron chi connectivity index (χ3n) is 3.22. The standard InChI is InChI=1S/C16H14N2O5/c1-2-21-14-8-16-15(22-10-23-16)7-11(14)9-17-12-3-5-13(6-4-12)18(19)20/h3-9H,2,10H2,1H3. The maximum atomic E-state index is 10.6. The number of non-ortho nitro benzene ring substituents is 1. The van der Waals surface area contributed by atoms with Gasteiger partial charge in [0.05, 0.1) is 17.2 Å². The van der Waals surface area contributed by atoms with Crippen molar-refractivity contribution >= 4 is 17.6 Å². The van der Waals surface area contributed by atoms with Crippen molar-refractivity contribution in [1.29, 1.82) is 0 Å². The Labute approximate surface area is 132 Å². The van der Waals surface area contributed by atoms with E-state index in [2.05, 4.69) is 4.99 Å². The van der Waals surface area contributed by atoms with E-state index in [1.165, 1.54) is 12.1 Å². The van der Waals surface area contributed by atoms with Gasteiger partial charge in [0.25, 0.3) is 5.69 Å². The third kappa shape index (κ3) is 3.23. The number of nitrogens with zero attached hydrogens (tertiary/aromatic N) is 2. The molecule has 0 spiro atoms. The fourth-order valence-electron chi connectivity index (χ4n) is 2.12. The minimum absolute atomic E-state index is 0.0297. The van der Waals surface area contributed by atoms with Gasteiger partial charge in [-0.1, -0.05) is 0 Å². The van der Waals surface area contributed by atoms with Crippen LogP contribution in [0, 0.1) is 10.1 Å². The molecule has 0 fully saturated rings. The van der Waals surface area contributed by atoms with Crippen molar-refractivity contribution in [1.82, 2.24) is 0 Å². The van der Waals surface area contributed by atoms with Crippen molar-refractivity contribution in [3.05, 3.63) is 52.1 Å². The molecule has 0 amide bonds. The van der Waals surface area contributed by atoms with Crippen molar-refractivity contribution in [3.63, 3.8) is 0 Å². The molecule has 3 rings (SSSR count). The molecule has 0 radical (unpaired) electrons. The number of benzene rings is 2. The van der Waals surface area contributed by atoms with E-state index in [0.717, 1.165) is 5.56 Å². The molecule has 0 N–H and O–H groups in total. The lowest BCUT2D eigenvalue weighted by molar-refractivity contribution is -0.384. The molecule has 0 atom stereocenters. The van der Waals surface area contributed by atoms with Crippen LogP contribution in [0.15, 0.2) is 41.4 Å². The second kappa shape index (κ2) is 6.35. The number of nitro groups is 1. The Hall–Kier alpha value is -3.09. The first kappa shape index (κ1) is 14.8. The zero-order valence-electron chi connectivity index (χ0n) is 12.4. The molecule has 23 heavy (non-hydrogen) atoms. The monoisotopic (exact) mass is 314 g/mol. The predicted octanol–water partition coefficient (Wildman–Crippen LogP) is 3.47. The van der Waals surface area contributed by atoms with E-state index in [1.807, 2.05) is 6.92 Å². The van der Waals surface area contributed by atoms with E-state index in [9.17, 15) is 10.1 Å². The Morgan fingerprint density at radius 3 is 2.61 bits per heavy atom. The van der Waals surface area contributed by atoms with Gasteiger partial charge in [0, 0.05) is 30.0 Å². The van der Waals surface area contributed by atoms with Crippen molar-refractivity contribution in [2.75, 3.05) is 13.4 Å². The summed E-state index contributed by atoms with van der Waals surface area (Å²) < 4.78 is 16.3. The number of aliphatic imine (C=N–C) groups is 1. The van der Waals surface area contributed by atoms with Gasteiger partial charge in [-0.15, -0.1) is 0 Å². The Balaban J connectivity index is 1.87. The number of hydrogen-bond donors (Lipinski definition) is 0. The highest BCUT2D eigenvalue weighted by Crippen LogP contribution is 2.37. The molecule has 0 bridgehead atoms. The molecule has 0 saturated carbocycles. The van der Waals surface area contributed by atoms with Gasteiger partial charge in [-0.05, 0) is 25.1 Å². The summed E-state index contributed by atoms with van der Waals surface area (Å²) in [7, 11) is 0. The van der Waals surface area contributed by atoms with Crippen LogP contribution < -0.4 is 14.2 Å². The summed E-state index contributed by atoms with van der Waals surface area (Å²) in [4.78, 5) is 14.5. The minimum Gasteiger partial charge on any atom is -0.493 e. The highest BCUT2D eigenvalue weighted by atomic mass is 16.7. The number of fused-ring (bicyclic) bond motifs is 1. The Morgan fingerprint density at radius 1 is 1.26 bits per heavy atom. The van der Waals surface area contributed by atoms with Crippen LogP contribution in [0.1, 0.15) is 12.5 Å². The lowest BCUT2D eigenvalue weighted by atomic mass is 10.2. The SMILES string of the molecule is CCOc1cc2c(cc1C=Nc1ccc([N+](=O)[O-])cc1)OCO2. The second-order valence-electron chi connectivity index (χ2n) is 4.71. The van der Waals surface area contributed by atoms with Crippen molar-refractivity contribution in [3.8, 4) is 17.2 Å². The summed E-state index contributed by atoms with van der Waals surface area (Å²) in [6.07, 6.45) is 1.63. The van der Waals surface area contributed by atoms with Crippen LogP contribution in [0.5, 0.6) is 17.2 Å². The molecule has 1 aliphatic heterocycles. The van der Waals surface area contributed by atoms with E-state index in [1.54, 1.807) is 30.5 Å². The van der Waals surface area contributed by atoms with E-state index in [-0.39, 0.29) is 12.5 Å². The summed E-state index contributed by atoms with van der Waals surface area (Å²) in [6, 6.07) is 9.56. The van der Waals surface area contributed by atoms with Crippen LogP contribution in [-0.4, -0.2) is 24.5 Å². The van der Waals surface area contributed by atoms with Crippen LogP contribution in [0.25, 0.3) is 0 Å². The Kier molecular flexibility index (Phi) is 4.09. The van der Waals surface area contributed by atoms with Crippen LogP contribution >= 0.6 is 0 Å². The number of hydrogen-bond acceptors (Lipinski definition) is 6. The first-order valence-corrected chi connectivity index (χ1v) is 7.02. The molecule has 1 aliphatic rings. The maximum absolute atomic E-state index is 10.6. The van der Waals surface area contributed by atoms with Gasteiger partial charge in [0.2, 0.25) is 6.79 Å². The molecule has 0 aromatic heterocycles. The molecule has 0 saturated heterocycles. The molecule has 2 aromatic rings. The molecule has 0 aliphatic carbocycles. The molecule has 7 heteroatoms. The van der Waals surface area contributed by atoms with E-state index in [0.29, 0.717) is 29.5 Å². The third-order valence-corrected chi connectivity index (χ3v) is 3.22. The Bertz CT molecular complexity index is 756. The quantitative estimate of drug-likeness (QED) is 0.479. The fourth-order valence-corrected chi connectivity index (χ4v) is 2.12. The molecule has 1 heterocycles. The lowest BCUT2D eigenvalue weighted by Crippen LogP contribution is -1.96. The predicted molar refractivity (Wildman–Crippen MR) is 84.1 cm³/mol. The number of nitro benzene ring substituents is 1. The first-order valence-electron chi connectivity index (χ1n) is 7.02. The van der Waals surface area contributed by atoms with Crippen molar-refractivity contribution in [2.24, 2.45) is 4.99 Å². The summed E-state index contributed by atoms with van der Waals surface area (Å²) in [5.41, 5.74) is 1.38. The van der Waals surface area contributed by atoms with Gasteiger partial charge in [-0.3, -0.25) is 15.1 Å². The summed E-state index contributed by atoms with van der Waals surface area (Å²) >= 11 is 0. The smallest absolute Gasteiger partial charge is 0.269 e. The summed E-state index contributed by atoms with van der Waals surface area (Å²) in [5.74, 6) is 1.92. The minimum atomic E-state index is -0.446. The second-order valence-corrected chi connectivity index (χ2v) is 4.71. The summed E-state index contributed by atoms with van der Waals surface area (Å²) in [6.45, 7) is 2.59. The molecule has 0 unspecified atom stereocenters. The molecular weight excluding hydrogens is 300 g/mol. The first-order chi connectivity index (χ1) is 11.2. The largest absolute Gasteiger partial charge is 0.493 e. The zero-order chi connectivity index (χ0) is 16.2. The van der Waals surface area contributed by atoms with Gasteiger partial charge in [0.1, 0.15) is 5.75 Å². The normalized spacial score (nSPS) is 12.6. The Morgan fingerprint density at radius 2 is 1.96 bits per heavy atom. The van der Waals surface area contributed by atoms with Gasteiger partial charge in [-0.25, -0.2) is 0 Å². The molecule has 118 valence electrons. The zero-order valence-corrected chi connectivity index (χ0v) is 12.4. The van der Waals surface area contributed by atoms with Crippen LogP contribution in [0.4, 0.5) is 11.4 Å². The highest BCUT2D eigenvalue weighted by Gasteiger charge is 2.17. The lowest BCUT2D eigenvalue weighted by Gasteiger charge is -2.08. The van der Waals surface area contributed by atoms with Gasteiger partial charge >= 0.3 is 0 Å². The topological polar surface area (TPSA) is 83.2 Å². The van der Waals surface area contributed by atoms with Crippen LogP contribution in [-0.2, 0) is 0 Å².